The topological polar surface area (TPSA) is 44.1 Å². The van der Waals surface area contributed by atoms with Gasteiger partial charge in [-0.05, 0) is 12.1 Å². The summed E-state index contributed by atoms with van der Waals surface area (Å²) in [6.07, 6.45) is 4.43. The van der Waals surface area contributed by atoms with Gasteiger partial charge in [-0.25, -0.2) is 4.98 Å². The van der Waals surface area contributed by atoms with Gasteiger partial charge in [0.2, 0.25) is 0 Å². The first-order valence-corrected chi connectivity index (χ1v) is 6.56. The van der Waals surface area contributed by atoms with Gasteiger partial charge in [0.25, 0.3) is 0 Å². The molecule has 0 aliphatic carbocycles. The highest BCUT2D eigenvalue weighted by atomic mass is 16.5. The quantitative estimate of drug-likeness (QED) is 0.687. The van der Waals surface area contributed by atoms with Crippen LogP contribution < -0.4 is 4.74 Å². The zero-order valence-electron chi connectivity index (χ0n) is 11.6. The van der Waals surface area contributed by atoms with E-state index in [2.05, 4.69) is 4.98 Å². The number of benzene rings is 2. The number of hydrogen-bond donors (Lipinski definition) is 0. The summed E-state index contributed by atoms with van der Waals surface area (Å²) in [5.74, 6) is 1.40. The minimum atomic E-state index is 0.530. The lowest BCUT2D eigenvalue weighted by Crippen LogP contribution is -1.98. The molecule has 104 valence electrons. The minimum Gasteiger partial charge on any atom is -0.496 e. The van der Waals surface area contributed by atoms with Crippen LogP contribution in [-0.4, -0.2) is 22.9 Å². The van der Waals surface area contributed by atoms with Gasteiger partial charge in [0.1, 0.15) is 11.6 Å². The number of carbonyl (C=O) groups is 1. The molecule has 4 heteroatoms. The third kappa shape index (κ3) is 2.43. The molecule has 0 saturated carbocycles. The molecule has 21 heavy (non-hydrogen) atoms. The van der Waals surface area contributed by atoms with Crippen molar-refractivity contribution in [2.75, 3.05) is 7.11 Å². The molecule has 0 radical (unpaired) electrons. The summed E-state index contributed by atoms with van der Waals surface area (Å²) in [5, 5.41) is 0. The number of imidazole rings is 1. The molecule has 0 aliphatic heterocycles. The van der Waals surface area contributed by atoms with Gasteiger partial charge in [0.05, 0.1) is 18.4 Å². The van der Waals surface area contributed by atoms with Gasteiger partial charge in [-0.1, -0.05) is 30.3 Å². The van der Waals surface area contributed by atoms with E-state index in [4.69, 9.17) is 4.74 Å². The van der Waals surface area contributed by atoms with E-state index in [1.54, 1.807) is 19.4 Å². The highest BCUT2D eigenvalue weighted by Crippen LogP contribution is 2.25. The standard InChI is InChI=1S/C17H14N2O2/c1-21-16-11-15(8-7-14(16)12-20)19-10-9-18-17(19)13-5-3-2-4-6-13/h2-12H,1H3. The Hall–Kier alpha value is -2.88. The first kappa shape index (κ1) is 13.1. The van der Waals surface area contributed by atoms with Crippen molar-refractivity contribution in [2.45, 2.75) is 0 Å². The normalized spacial score (nSPS) is 10.3. The maximum Gasteiger partial charge on any atom is 0.153 e. The summed E-state index contributed by atoms with van der Waals surface area (Å²) in [4.78, 5) is 15.4. The number of rotatable bonds is 4. The monoisotopic (exact) mass is 278 g/mol. The first-order chi connectivity index (χ1) is 10.3. The Morgan fingerprint density at radius 3 is 2.67 bits per heavy atom. The van der Waals surface area contributed by atoms with Crippen LogP contribution in [0.25, 0.3) is 17.1 Å². The molecule has 4 nitrogen and oxygen atoms in total. The number of nitrogens with zero attached hydrogens (tertiary/aromatic N) is 2. The van der Waals surface area contributed by atoms with E-state index in [9.17, 15) is 4.79 Å². The average Bonchev–Trinajstić information content (AvgIpc) is 3.04. The molecule has 0 bridgehead atoms. The lowest BCUT2D eigenvalue weighted by Gasteiger charge is -2.10. The van der Waals surface area contributed by atoms with E-state index in [1.165, 1.54) is 0 Å². The van der Waals surface area contributed by atoms with Gasteiger partial charge >= 0.3 is 0 Å². The molecular weight excluding hydrogens is 264 g/mol. The number of methoxy groups -OCH3 is 1. The Labute approximate surface area is 122 Å². The summed E-state index contributed by atoms with van der Waals surface area (Å²) in [5.41, 5.74) is 2.46. The predicted molar refractivity (Wildman–Crippen MR) is 80.9 cm³/mol. The van der Waals surface area contributed by atoms with Crippen LogP contribution in [0, 0.1) is 0 Å². The van der Waals surface area contributed by atoms with E-state index >= 15 is 0 Å². The van der Waals surface area contributed by atoms with Gasteiger partial charge < -0.3 is 4.74 Å². The maximum absolute atomic E-state index is 11.0. The lowest BCUT2D eigenvalue weighted by molar-refractivity contribution is 0.112. The fraction of sp³-hybridized carbons (Fsp3) is 0.0588. The van der Waals surface area contributed by atoms with E-state index in [1.807, 2.05) is 53.2 Å². The zero-order valence-corrected chi connectivity index (χ0v) is 11.6. The van der Waals surface area contributed by atoms with Crippen molar-refractivity contribution in [1.82, 2.24) is 9.55 Å². The highest BCUT2D eigenvalue weighted by molar-refractivity contribution is 5.80. The number of aldehydes is 1. The molecule has 3 aromatic rings. The van der Waals surface area contributed by atoms with E-state index < -0.39 is 0 Å². The van der Waals surface area contributed by atoms with Crippen LogP contribution in [0.3, 0.4) is 0 Å². The van der Waals surface area contributed by atoms with Crippen molar-refractivity contribution >= 4 is 6.29 Å². The molecule has 1 heterocycles. The number of hydrogen-bond acceptors (Lipinski definition) is 3. The predicted octanol–water partition coefficient (Wildman–Crippen LogP) is 3.36. The van der Waals surface area contributed by atoms with Gasteiger partial charge in [-0.3, -0.25) is 9.36 Å². The molecule has 3 rings (SSSR count). The zero-order chi connectivity index (χ0) is 14.7. The van der Waals surface area contributed by atoms with Crippen molar-refractivity contribution in [1.29, 1.82) is 0 Å². The summed E-state index contributed by atoms with van der Waals surface area (Å²) in [7, 11) is 1.55. The van der Waals surface area contributed by atoms with Gasteiger partial charge in [0.15, 0.2) is 6.29 Å². The van der Waals surface area contributed by atoms with Crippen molar-refractivity contribution in [3.8, 4) is 22.8 Å². The summed E-state index contributed by atoms with van der Waals surface area (Å²) >= 11 is 0. The van der Waals surface area contributed by atoms with Crippen LogP contribution in [0.5, 0.6) is 5.75 Å². The Kier molecular flexibility index (Phi) is 3.51. The average molecular weight is 278 g/mol. The number of carbonyl (C=O) groups excluding carboxylic acids is 1. The van der Waals surface area contributed by atoms with Crippen LogP contribution in [-0.2, 0) is 0 Å². The summed E-state index contributed by atoms with van der Waals surface area (Å²) in [6.45, 7) is 0. The molecule has 0 spiro atoms. The second-order valence-corrected chi connectivity index (χ2v) is 4.53. The minimum absolute atomic E-state index is 0.530. The fourth-order valence-corrected chi connectivity index (χ4v) is 2.26. The molecule has 1 aromatic heterocycles. The molecule has 0 N–H and O–H groups in total. The molecule has 0 aliphatic rings. The molecular formula is C17H14N2O2. The SMILES string of the molecule is COc1cc(-n2ccnc2-c2ccccc2)ccc1C=O. The summed E-state index contributed by atoms with van der Waals surface area (Å²) < 4.78 is 7.22. The van der Waals surface area contributed by atoms with Crippen LogP contribution >= 0.6 is 0 Å². The Morgan fingerprint density at radius 1 is 1.14 bits per heavy atom. The smallest absolute Gasteiger partial charge is 0.153 e. The third-order valence-corrected chi connectivity index (χ3v) is 3.29. The van der Waals surface area contributed by atoms with E-state index in [0.717, 1.165) is 23.4 Å². The van der Waals surface area contributed by atoms with Gasteiger partial charge in [0, 0.05) is 24.0 Å². The maximum atomic E-state index is 11.0. The number of ether oxygens (including phenoxy) is 1. The molecule has 0 fully saturated rings. The fourth-order valence-electron chi connectivity index (χ4n) is 2.26. The molecule has 0 saturated heterocycles. The second kappa shape index (κ2) is 5.63. The van der Waals surface area contributed by atoms with E-state index in [0.29, 0.717) is 11.3 Å². The van der Waals surface area contributed by atoms with Crippen LogP contribution in [0.15, 0.2) is 60.9 Å². The lowest BCUT2D eigenvalue weighted by atomic mass is 10.1. The highest BCUT2D eigenvalue weighted by Gasteiger charge is 2.10. The van der Waals surface area contributed by atoms with Gasteiger partial charge in [-0.15, -0.1) is 0 Å². The molecule has 0 amide bonds. The van der Waals surface area contributed by atoms with Crippen molar-refractivity contribution in [2.24, 2.45) is 0 Å². The Morgan fingerprint density at radius 2 is 1.95 bits per heavy atom. The van der Waals surface area contributed by atoms with Crippen molar-refractivity contribution in [3.05, 3.63) is 66.5 Å². The molecule has 0 unspecified atom stereocenters. The Bertz CT molecular complexity index is 763. The van der Waals surface area contributed by atoms with E-state index in [-0.39, 0.29) is 0 Å². The third-order valence-electron chi connectivity index (χ3n) is 3.29. The number of aromatic nitrogens is 2. The van der Waals surface area contributed by atoms with Crippen LogP contribution in [0.2, 0.25) is 0 Å². The van der Waals surface area contributed by atoms with Crippen molar-refractivity contribution in [3.63, 3.8) is 0 Å². The first-order valence-electron chi connectivity index (χ1n) is 6.56. The summed E-state index contributed by atoms with van der Waals surface area (Å²) in [6, 6.07) is 15.4. The van der Waals surface area contributed by atoms with Crippen LogP contribution in [0.4, 0.5) is 0 Å². The van der Waals surface area contributed by atoms with Gasteiger partial charge in [-0.2, -0.15) is 0 Å². The largest absolute Gasteiger partial charge is 0.496 e. The Balaban J connectivity index is 2.10. The van der Waals surface area contributed by atoms with Crippen LogP contribution in [0.1, 0.15) is 10.4 Å². The molecule has 2 aromatic carbocycles. The molecule has 0 atom stereocenters. The van der Waals surface area contributed by atoms with Crippen molar-refractivity contribution < 1.29 is 9.53 Å². The second-order valence-electron chi connectivity index (χ2n) is 4.53.